The maximum atomic E-state index is 13.0. The number of hydrogen-bond donors (Lipinski definition) is 1. The first-order valence-corrected chi connectivity index (χ1v) is 10.8. The Morgan fingerprint density at radius 1 is 1.16 bits per heavy atom. The van der Waals surface area contributed by atoms with Gasteiger partial charge in [0.15, 0.2) is 11.5 Å². The second-order valence-corrected chi connectivity index (χ2v) is 7.83. The number of amides is 2. The van der Waals surface area contributed by atoms with Gasteiger partial charge >= 0.3 is 0 Å². The smallest absolute Gasteiger partial charge is 0.257 e. The summed E-state index contributed by atoms with van der Waals surface area (Å²) < 4.78 is 10.8. The molecule has 2 aromatic carbocycles. The Kier molecular flexibility index (Phi) is 6.02. The molecule has 164 valence electrons. The molecule has 0 radical (unpaired) electrons. The highest BCUT2D eigenvalue weighted by Gasteiger charge is 2.38. The Morgan fingerprint density at radius 3 is 2.74 bits per heavy atom. The van der Waals surface area contributed by atoms with Crippen molar-refractivity contribution in [3.05, 3.63) is 53.1 Å². The third-order valence-electron chi connectivity index (χ3n) is 6.16. The zero-order chi connectivity index (χ0) is 22.0. The van der Waals surface area contributed by atoms with E-state index >= 15 is 0 Å². The molecule has 0 unspecified atom stereocenters. The minimum Gasteiger partial charge on any atom is -0.493 e. The van der Waals surface area contributed by atoms with Gasteiger partial charge in [-0.1, -0.05) is 12.1 Å². The van der Waals surface area contributed by atoms with E-state index in [-0.39, 0.29) is 18.0 Å². The van der Waals surface area contributed by atoms with Gasteiger partial charge in [0.25, 0.3) is 11.8 Å². The third-order valence-corrected chi connectivity index (χ3v) is 6.16. The van der Waals surface area contributed by atoms with Gasteiger partial charge in [-0.05, 0) is 50.5 Å². The molecule has 1 atom stereocenters. The molecule has 2 aromatic rings. The van der Waals surface area contributed by atoms with E-state index in [0.29, 0.717) is 29.2 Å². The van der Waals surface area contributed by atoms with Crippen LogP contribution in [0.1, 0.15) is 52.5 Å². The van der Waals surface area contributed by atoms with Crippen LogP contribution in [0.3, 0.4) is 0 Å². The van der Waals surface area contributed by atoms with Gasteiger partial charge in [-0.15, -0.1) is 0 Å². The second-order valence-electron chi connectivity index (χ2n) is 7.83. The number of para-hydroxylation sites is 1. The molecule has 0 bridgehead atoms. The molecule has 4 rings (SSSR count). The van der Waals surface area contributed by atoms with Crippen LogP contribution in [-0.4, -0.2) is 50.2 Å². The molecule has 2 aliphatic rings. The lowest BCUT2D eigenvalue weighted by Crippen LogP contribution is -2.57. The first-order chi connectivity index (χ1) is 15.1. The van der Waals surface area contributed by atoms with E-state index in [1.54, 1.807) is 26.4 Å². The number of rotatable bonds is 6. The molecular weight excluding hydrogens is 394 g/mol. The fourth-order valence-corrected chi connectivity index (χ4v) is 4.63. The van der Waals surface area contributed by atoms with Crippen molar-refractivity contribution in [1.82, 2.24) is 10.2 Å². The molecule has 7 heteroatoms. The van der Waals surface area contributed by atoms with Gasteiger partial charge in [0.1, 0.15) is 6.17 Å². The molecule has 2 amide bonds. The van der Waals surface area contributed by atoms with Crippen molar-refractivity contribution >= 4 is 17.5 Å². The number of fused-ring (bicyclic) bond motifs is 2. The molecule has 2 aliphatic heterocycles. The van der Waals surface area contributed by atoms with Gasteiger partial charge in [0.2, 0.25) is 0 Å². The summed E-state index contributed by atoms with van der Waals surface area (Å²) in [6, 6.07) is 10.9. The van der Waals surface area contributed by atoms with E-state index < -0.39 is 0 Å². The average molecular weight is 424 g/mol. The molecule has 1 N–H and O–H groups in total. The van der Waals surface area contributed by atoms with Gasteiger partial charge in [-0.25, -0.2) is 0 Å². The molecule has 0 aliphatic carbocycles. The summed E-state index contributed by atoms with van der Waals surface area (Å²) in [6.07, 6.45) is 3.20. The van der Waals surface area contributed by atoms with Crippen molar-refractivity contribution in [3.63, 3.8) is 0 Å². The van der Waals surface area contributed by atoms with Crippen molar-refractivity contribution in [3.8, 4) is 11.5 Å². The van der Waals surface area contributed by atoms with E-state index in [1.165, 1.54) is 0 Å². The second kappa shape index (κ2) is 8.88. The monoisotopic (exact) mass is 423 g/mol. The van der Waals surface area contributed by atoms with Crippen LogP contribution in [0.2, 0.25) is 0 Å². The number of nitrogens with one attached hydrogen (secondary N) is 1. The van der Waals surface area contributed by atoms with E-state index in [2.05, 4.69) is 17.1 Å². The summed E-state index contributed by atoms with van der Waals surface area (Å²) in [5.74, 6) is 1.10. The number of benzene rings is 2. The SMILES string of the molecule is CCN1c2cc(C(=O)NCc3cccc(OC)c3OC)ccc2C(=O)N2CCCC[C@H]21. The number of carbonyl (C=O) groups is 2. The number of ether oxygens (including phenoxy) is 2. The molecule has 1 saturated heterocycles. The number of methoxy groups -OCH3 is 2. The van der Waals surface area contributed by atoms with Crippen LogP contribution in [0.4, 0.5) is 5.69 Å². The highest BCUT2D eigenvalue weighted by Crippen LogP contribution is 2.36. The summed E-state index contributed by atoms with van der Waals surface area (Å²) in [6.45, 7) is 3.98. The van der Waals surface area contributed by atoms with Gasteiger partial charge in [0, 0.05) is 30.8 Å². The molecule has 31 heavy (non-hydrogen) atoms. The Labute approximate surface area is 182 Å². The molecule has 7 nitrogen and oxygen atoms in total. The Bertz CT molecular complexity index is 991. The van der Waals surface area contributed by atoms with Gasteiger partial charge in [-0.2, -0.15) is 0 Å². The Hall–Kier alpha value is -3.22. The number of anilines is 1. The number of carbonyl (C=O) groups excluding carboxylic acids is 2. The van der Waals surface area contributed by atoms with Crippen LogP contribution in [-0.2, 0) is 6.54 Å². The zero-order valence-corrected chi connectivity index (χ0v) is 18.3. The molecule has 0 saturated carbocycles. The molecule has 2 heterocycles. The van der Waals surface area contributed by atoms with E-state index in [9.17, 15) is 9.59 Å². The fraction of sp³-hybridized carbons (Fsp3) is 0.417. The van der Waals surface area contributed by atoms with E-state index in [0.717, 1.165) is 43.6 Å². The normalized spacial score (nSPS) is 17.6. The highest BCUT2D eigenvalue weighted by molar-refractivity contribution is 6.04. The van der Waals surface area contributed by atoms with Crippen LogP contribution in [0.5, 0.6) is 11.5 Å². The topological polar surface area (TPSA) is 71.1 Å². The van der Waals surface area contributed by atoms with Gasteiger partial charge < -0.3 is 24.6 Å². The minimum atomic E-state index is -0.192. The van der Waals surface area contributed by atoms with Gasteiger partial charge in [0.05, 0.1) is 25.5 Å². The predicted molar refractivity (Wildman–Crippen MR) is 119 cm³/mol. The van der Waals surface area contributed by atoms with Crippen molar-refractivity contribution in [1.29, 1.82) is 0 Å². The predicted octanol–water partition coefficient (Wildman–Crippen LogP) is 3.43. The van der Waals surface area contributed by atoms with Crippen LogP contribution in [0, 0.1) is 0 Å². The average Bonchev–Trinajstić information content (AvgIpc) is 2.82. The molecule has 0 spiro atoms. The quantitative estimate of drug-likeness (QED) is 0.771. The van der Waals surface area contributed by atoms with Crippen molar-refractivity contribution in [2.45, 2.75) is 38.9 Å². The number of hydrogen-bond acceptors (Lipinski definition) is 5. The lowest BCUT2D eigenvalue weighted by molar-refractivity contribution is 0.0582. The fourth-order valence-electron chi connectivity index (χ4n) is 4.63. The summed E-state index contributed by atoms with van der Waals surface area (Å²) in [5.41, 5.74) is 2.89. The lowest BCUT2D eigenvalue weighted by Gasteiger charge is -2.47. The van der Waals surface area contributed by atoms with Crippen molar-refractivity contribution in [2.24, 2.45) is 0 Å². The summed E-state index contributed by atoms with van der Waals surface area (Å²) in [4.78, 5) is 30.2. The first kappa shape index (κ1) is 21.0. The Balaban J connectivity index is 1.57. The van der Waals surface area contributed by atoms with Gasteiger partial charge in [-0.3, -0.25) is 9.59 Å². The van der Waals surface area contributed by atoms with E-state index in [4.69, 9.17) is 9.47 Å². The third kappa shape index (κ3) is 3.80. The van der Waals surface area contributed by atoms with E-state index in [1.807, 2.05) is 29.2 Å². The summed E-state index contributed by atoms with van der Waals surface area (Å²) >= 11 is 0. The maximum Gasteiger partial charge on any atom is 0.257 e. The maximum absolute atomic E-state index is 13.0. The zero-order valence-electron chi connectivity index (χ0n) is 18.3. The molecule has 0 aromatic heterocycles. The van der Waals surface area contributed by atoms with Crippen molar-refractivity contribution in [2.75, 3.05) is 32.2 Å². The molecule has 1 fully saturated rings. The van der Waals surface area contributed by atoms with Crippen LogP contribution >= 0.6 is 0 Å². The standard InChI is InChI=1S/C24H29N3O4/c1-4-26-19-14-16(11-12-18(19)24(29)27-13-6-5-10-21(26)27)23(28)25-15-17-8-7-9-20(30-2)22(17)31-3/h7-9,11-12,14,21H,4-6,10,13,15H2,1-3H3,(H,25,28)/t21-/m0/s1. The number of piperidine rings is 1. The van der Waals surface area contributed by atoms with Crippen LogP contribution in [0.15, 0.2) is 36.4 Å². The van der Waals surface area contributed by atoms with Crippen molar-refractivity contribution < 1.29 is 19.1 Å². The first-order valence-electron chi connectivity index (χ1n) is 10.8. The summed E-state index contributed by atoms with van der Waals surface area (Å²) in [7, 11) is 3.17. The Morgan fingerprint density at radius 2 is 2.00 bits per heavy atom. The summed E-state index contributed by atoms with van der Waals surface area (Å²) in [5, 5.41) is 2.96. The lowest BCUT2D eigenvalue weighted by atomic mass is 9.97. The highest BCUT2D eigenvalue weighted by atomic mass is 16.5. The largest absolute Gasteiger partial charge is 0.493 e. The van der Waals surface area contributed by atoms with Crippen LogP contribution in [0.25, 0.3) is 0 Å². The number of nitrogens with zero attached hydrogens (tertiary/aromatic N) is 2. The van der Waals surface area contributed by atoms with Crippen LogP contribution < -0.4 is 19.7 Å². The molecular formula is C24H29N3O4. The minimum absolute atomic E-state index is 0.0671.